The van der Waals surface area contributed by atoms with Crippen LogP contribution in [0.4, 0.5) is 0 Å². The standard InChI is InChI=1S/C24H32N2O3/c1-17(2)15-25-24(28)19(4)26(16-21-10-7-11-22(13-21)29-5)23(27)14-20-9-6-8-18(3)12-20/h6-13,17,19H,14-16H2,1-5H3,(H,25,28). The third-order valence-electron chi connectivity index (χ3n) is 4.78. The van der Waals surface area contributed by atoms with Crippen molar-refractivity contribution in [3.63, 3.8) is 0 Å². The molecule has 1 N–H and O–H groups in total. The predicted molar refractivity (Wildman–Crippen MR) is 116 cm³/mol. The Hall–Kier alpha value is -2.82. The van der Waals surface area contributed by atoms with Gasteiger partial charge in [-0.2, -0.15) is 0 Å². The minimum Gasteiger partial charge on any atom is -0.497 e. The zero-order valence-corrected chi connectivity index (χ0v) is 18.1. The second-order valence-electron chi connectivity index (χ2n) is 7.85. The van der Waals surface area contributed by atoms with Crippen molar-refractivity contribution < 1.29 is 14.3 Å². The van der Waals surface area contributed by atoms with Crippen LogP contribution in [0.2, 0.25) is 0 Å². The molecule has 156 valence electrons. The lowest BCUT2D eigenvalue weighted by Crippen LogP contribution is -2.48. The average Bonchev–Trinajstić information content (AvgIpc) is 2.69. The van der Waals surface area contributed by atoms with Gasteiger partial charge in [-0.1, -0.05) is 55.8 Å². The van der Waals surface area contributed by atoms with Gasteiger partial charge in [0.25, 0.3) is 0 Å². The predicted octanol–water partition coefficient (Wildman–Crippen LogP) is 3.74. The molecule has 0 aliphatic heterocycles. The van der Waals surface area contributed by atoms with Gasteiger partial charge in [-0.05, 0) is 43.0 Å². The minimum absolute atomic E-state index is 0.0781. The fourth-order valence-electron chi connectivity index (χ4n) is 3.10. The highest BCUT2D eigenvalue weighted by atomic mass is 16.5. The number of amides is 2. The van der Waals surface area contributed by atoms with E-state index in [-0.39, 0.29) is 18.2 Å². The summed E-state index contributed by atoms with van der Waals surface area (Å²) in [6, 6.07) is 14.9. The second-order valence-corrected chi connectivity index (χ2v) is 7.85. The van der Waals surface area contributed by atoms with Gasteiger partial charge in [-0.3, -0.25) is 9.59 Å². The van der Waals surface area contributed by atoms with E-state index in [1.807, 2.05) is 69.3 Å². The van der Waals surface area contributed by atoms with Crippen molar-refractivity contribution in [2.75, 3.05) is 13.7 Å². The normalized spacial score (nSPS) is 11.8. The Morgan fingerprint density at radius 3 is 2.38 bits per heavy atom. The van der Waals surface area contributed by atoms with Crippen LogP contribution in [-0.2, 0) is 22.6 Å². The van der Waals surface area contributed by atoms with Crippen molar-refractivity contribution in [3.8, 4) is 5.75 Å². The number of carbonyl (C=O) groups is 2. The van der Waals surface area contributed by atoms with Crippen molar-refractivity contribution in [2.24, 2.45) is 5.92 Å². The first kappa shape index (κ1) is 22.5. The highest BCUT2D eigenvalue weighted by molar-refractivity contribution is 5.88. The highest BCUT2D eigenvalue weighted by Crippen LogP contribution is 2.17. The van der Waals surface area contributed by atoms with E-state index >= 15 is 0 Å². The van der Waals surface area contributed by atoms with Crippen molar-refractivity contribution >= 4 is 11.8 Å². The number of methoxy groups -OCH3 is 1. The lowest BCUT2D eigenvalue weighted by Gasteiger charge is -2.29. The molecule has 0 heterocycles. The van der Waals surface area contributed by atoms with E-state index in [1.54, 1.807) is 18.9 Å². The van der Waals surface area contributed by atoms with Crippen molar-refractivity contribution in [2.45, 2.75) is 46.7 Å². The molecule has 5 nitrogen and oxygen atoms in total. The maximum Gasteiger partial charge on any atom is 0.242 e. The van der Waals surface area contributed by atoms with Gasteiger partial charge in [0.2, 0.25) is 11.8 Å². The maximum atomic E-state index is 13.2. The summed E-state index contributed by atoms with van der Waals surface area (Å²) in [5.41, 5.74) is 2.98. The minimum atomic E-state index is -0.572. The molecule has 0 aliphatic carbocycles. The number of benzene rings is 2. The van der Waals surface area contributed by atoms with Gasteiger partial charge in [-0.15, -0.1) is 0 Å². The molecule has 0 fully saturated rings. The number of nitrogens with zero attached hydrogens (tertiary/aromatic N) is 1. The van der Waals surface area contributed by atoms with Gasteiger partial charge >= 0.3 is 0 Å². The van der Waals surface area contributed by atoms with Gasteiger partial charge < -0.3 is 15.0 Å². The first-order valence-electron chi connectivity index (χ1n) is 10.1. The van der Waals surface area contributed by atoms with E-state index in [1.165, 1.54) is 0 Å². The molecule has 0 aliphatic rings. The summed E-state index contributed by atoms with van der Waals surface area (Å²) in [5, 5.41) is 2.94. The average molecular weight is 397 g/mol. The molecular formula is C24H32N2O3. The summed E-state index contributed by atoms with van der Waals surface area (Å²) in [6.07, 6.45) is 0.257. The SMILES string of the molecule is COc1cccc(CN(C(=O)Cc2cccc(C)c2)C(C)C(=O)NCC(C)C)c1. The van der Waals surface area contributed by atoms with Crippen LogP contribution in [0, 0.1) is 12.8 Å². The Balaban J connectivity index is 2.23. The highest BCUT2D eigenvalue weighted by Gasteiger charge is 2.26. The van der Waals surface area contributed by atoms with E-state index in [0.717, 1.165) is 22.4 Å². The molecule has 0 saturated carbocycles. The van der Waals surface area contributed by atoms with E-state index < -0.39 is 6.04 Å². The number of nitrogens with one attached hydrogen (secondary N) is 1. The molecule has 2 amide bonds. The summed E-state index contributed by atoms with van der Waals surface area (Å²) >= 11 is 0. The molecule has 1 atom stereocenters. The molecule has 2 aromatic carbocycles. The summed E-state index contributed by atoms with van der Waals surface area (Å²) in [4.78, 5) is 27.5. The summed E-state index contributed by atoms with van der Waals surface area (Å²) in [5.74, 6) is 0.858. The van der Waals surface area contributed by atoms with Gasteiger partial charge in [0.1, 0.15) is 11.8 Å². The van der Waals surface area contributed by atoms with Gasteiger partial charge in [-0.25, -0.2) is 0 Å². The van der Waals surface area contributed by atoms with Crippen LogP contribution in [0.5, 0.6) is 5.75 Å². The Morgan fingerprint density at radius 1 is 1.03 bits per heavy atom. The van der Waals surface area contributed by atoms with Crippen LogP contribution in [0.3, 0.4) is 0 Å². The summed E-state index contributed by atoms with van der Waals surface area (Å²) < 4.78 is 5.30. The van der Waals surface area contributed by atoms with Crippen LogP contribution in [0.15, 0.2) is 48.5 Å². The summed E-state index contributed by atoms with van der Waals surface area (Å²) in [7, 11) is 1.61. The second kappa shape index (κ2) is 10.6. The third-order valence-corrected chi connectivity index (χ3v) is 4.78. The lowest BCUT2D eigenvalue weighted by atomic mass is 10.1. The van der Waals surface area contributed by atoms with Gasteiger partial charge in [0.15, 0.2) is 0 Å². The fraction of sp³-hybridized carbons (Fsp3) is 0.417. The fourth-order valence-corrected chi connectivity index (χ4v) is 3.10. The quantitative estimate of drug-likeness (QED) is 0.703. The zero-order valence-electron chi connectivity index (χ0n) is 18.1. The number of aryl methyl sites for hydroxylation is 1. The van der Waals surface area contributed by atoms with Gasteiger partial charge in [0, 0.05) is 13.1 Å². The first-order chi connectivity index (χ1) is 13.8. The van der Waals surface area contributed by atoms with E-state index in [2.05, 4.69) is 5.32 Å². The Morgan fingerprint density at radius 2 is 1.72 bits per heavy atom. The van der Waals surface area contributed by atoms with Crippen molar-refractivity contribution in [3.05, 3.63) is 65.2 Å². The Bertz CT molecular complexity index is 832. The monoisotopic (exact) mass is 396 g/mol. The Kier molecular flexibility index (Phi) is 8.25. The Labute approximate surface area is 174 Å². The zero-order chi connectivity index (χ0) is 21.4. The molecule has 5 heteroatoms. The van der Waals surface area contributed by atoms with Crippen LogP contribution in [0.25, 0.3) is 0 Å². The molecule has 0 bridgehead atoms. The number of carbonyl (C=O) groups excluding carboxylic acids is 2. The molecule has 0 spiro atoms. The maximum absolute atomic E-state index is 13.2. The van der Waals surface area contributed by atoms with Crippen LogP contribution in [0.1, 0.15) is 37.5 Å². The smallest absolute Gasteiger partial charge is 0.242 e. The van der Waals surface area contributed by atoms with Crippen LogP contribution >= 0.6 is 0 Å². The number of hydrogen-bond donors (Lipinski definition) is 1. The van der Waals surface area contributed by atoms with E-state index in [0.29, 0.717) is 19.0 Å². The number of ether oxygens (including phenoxy) is 1. The van der Waals surface area contributed by atoms with Crippen LogP contribution in [-0.4, -0.2) is 36.4 Å². The molecule has 1 unspecified atom stereocenters. The first-order valence-corrected chi connectivity index (χ1v) is 10.1. The topological polar surface area (TPSA) is 58.6 Å². The molecule has 0 saturated heterocycles. The number of hydrogen-bond acceptors (Lipinski definition) is 3. The molecular weight excluding hydrogens is 364 g/mol. The van der Waals surface area contributed by atoms with Crippen molar-refractivity contribution in [1.82, 2.24) is 10.2 Å². The molecule has 2 aromatic rings. The van der Waals surface area contributed by atoms with E-state index in [9.17, 15) is 9.59 Å². The summed E-state index contributed by atoms with van der Waals surface area (Å²) in [6.45, 7) is 8.80. The number of rotatable bonds is 9. The largest absolute Gasteiger partial charge is 0.497 e. The lowest BCUT2D eigenvalue weighted by molar-refractivity contribution is -0.140. The molecule has 2 rings (SSSR count). The third kappa shape index (κ3) is 6.93. The van der Waals surface area contributed by atoms with Crippen molar-refractivity contribution in [1.29, 1.82) is 0 Å². The molecule has 0 aromatic heterocycles. The van der Waals surface area contributed by atoms with Crippen LogP contribution < -0.4 is 10.1 Å². The van der Waals surface area contributed by atoms with Gasteiger partial charge in [0.05, 0.1) is 13.5 Å². The molecule has 29 heavy (non-hydrogen) atoms. The molecule has 0 radical (unpaired) electrons. The van der Waals surface area contributed by atoms with E-state index in [4.69, 9.17) is 4.74 Å².